The first-order chi connectivity index (χ1) is 15.6. The van der Waals surface area contributed by atoms with Gasteiger partial charge in [0.15, 0.2) is 11.7 Å². The number of hydrogen-bond donors (Lipinski definition) is 0. The highest BCUT2D eigenvalue weighted by Crippen LogP contribution is 2.33. The molecule has 0 spiro atoms. The summed E-state index contributed by atoms with van der Waals surface area (Å²) in [6.07, 6.45) is -4.78. The summed E-state index contributed by atoms with van der Waals surface area (Å²) >= 11 is 1.11. The Morgan fingerprint density at radius 2 is 1.64 bits per heavy atom. The molecule has 0 saturated carbocycles. The molecule has 0 radical (unpaired) electrons. The van der Waals surface area contributed by atoms with Gasteiger partial charge >= 0.3 is 6.36 Å². The molecule has 0 unspecified atom stereocenters. The van der Waals surface area contributed by atoms with Crippen LogP contribution in [0, 0.1) is 0 Å². The monoisotopic (exact) mass is 483 g/mol. The molecule has 3 rings (SSSR count). The van der Waals surface area contributed by atoms with E-state index >= 15 is 0 Å². The standard InChI is InChI=1S/C22H24F3N3O4S/c1-4-30-15-5-7-16(8-6-15)31-14-20(29)28(12-11-27(2)3)21-26-18-10-9-17(13-19(18)33-21)32-22(23,24)25/h5-10,13H,4,11-12,14H2,1-3H3. The SMILES string of the molecule is CCOc1ccc(OCC(=O)N(CCN(C)C)c2nc3ccc(OC(F)(F)F)cc3s2)cc1. The van der Waals surface area contributed by atoms with Crippen LogP contribution in [-0.2, 0) is 4.79 Å². The van der Waals surface area contributed by atoms with Crippen LogP contribution in [0.2, 0.25) is 0 Å². The zero-order valence-electron chi connectivity index (χ0n) is 18.4. The molecule has 2 aromatic carbocycles. The number of thiazole rings is 1. The van der Waals surface area contributed by atoms with E-state index in [1.165, 1.54) is 23.1 Å². The molecule has 0 aliphatic carbocycles. The summed E-state index contributed by atoms with van der Waals surface area (Å²) in [5.41, 5.74) is 0.472. The van der Waals surface area contributed by atoms with E-state index in [9.17, 15) is 18.0 Å². The number of ether oxygens (including phenoxy) is 3. The van der Waals surface area contributed by atoms with Crippen LogP contribution in [0.4, 0.5) is 18.3 Å². The molecule has 1 heterocycles. The van der Waals surface area contributed by atoms with E-state index in [4.69, 9.17) is 9.47 Å². The summed E-state index contributed by atoms with van der Waals surface area (Å²) in [6, 6.07) is 10.8. The third-order valence-corrected chi connectivity index (χ3v) is 5.42. The Labute approximate surface area is 193 Å². The van der Waals surface area contributed by atoms with Gasteiger partial charge in [0.2, 0.25) is 0 Å². The molecule has 0 bridgehead atoms. The van der Waals surface area contributed by atoms with Crippen LogP contribution in [-0.4, -0.2) is 62.6 Å². The molecule has 0 aliphatic heterocycles. The molecule has 33 heavy (non-hydrogen) atoms. The van der Waals surface area contributed by atoms with Crippen LogP contribution in [0.5, 0.6) is 17.2 Å². The molecule has 1 aromatic heterocycles. The molecule has 7 nitrogen and oxygen atoms in total. The molecule has 0 atom stereocenters. The molecule has 0 fully saturated rings. The van der Waals surface area contributed by atoms with Gasteiger partial charge in [0, 0.05) is 19.2 Å². The van der Waals surface area contributed by atoms with Crippen molar-refractivity contribution in [3.8, 4) is 17.2 Å². The van der Waals surface area contributed by atoms with Gasteiger partial charge < -0.3 is 19.1 Å². The summed E-state index contributed by atoms with van der Waals surface area (Å²) < 4.78 is 53.1. The molecule has 0 N–H and O–H groups in total. The number of aromatic nitrogens is 1. The number of carbonyl (C=O) groups is 1. The van der Waals surface area contributed by atoms with Crippen molar-refractivity contribution < 1.29 is 32.2 Å². The largest absolute Gasteiger partial charge is 0.573 e. The average molecular weight is 484 g/mol. The Hall–Kier alpha value is -3.05. The summed E-state index contributed by atoms with van der Waals surface area (Å²) in [4.78, 5) is 20.8. The van der Waals surface area contributed by atoms with E-state index in [2.05, 4.69) is 9.72 Å². The Balaban J connectivity index is 1.76. The molecule has 11 heteroatoms. The first kappa shape index (κ1) is 24.6. The zero-order chi connectivity index (χ0) is 24.0. The van der Waals surface area contributed by atoms with Crippen LogP contribution in [0.1, 0.15) is 6.92 Å². The number of anilines is 1. The lowest BCUT2D eigenvalue weighted by molar-refractivity contribution is -0.274. The number of hydrogen-bond acceptors (Lipinski definition) is 7. The minimum atomic E-state index is -4.78. The third kappa shape index (κ3) is 7.22. The lowest BCUT2D eigenvalue weighted by Gasteiger charge is -2.22. The Morgan fingerprint density at radius 1 is 1.00 bits per heavy atom. The van der Waals surface area contributed by atoms with Gasteiger partial charge in [-0.05, 0) is 57.4 Å². The van der Waals surface area contributed by atoms with Crippen molar-refractivity contribution in [1.29, 1.82) is 0 Å². The van der Waals surface area contributed by atoms with Gasteiger partial charge in [-0.15, -0.1) is 13.2 Å². The van der Waals surface area contributed by atoms with E-state index in [1.54, 1.807) is 24.3 Å². The summed E-state index contributed by atoms with van der Waals surface area (Å²) in [5, 5.41) is 0.372. The van der Waals surface area contributed by atoms with Crippen LogP contribution in [0.3, 0.4) is 0 Å². The van der Waals surface area contributed by atoms with Gasteiger partial charge in [0.25, 0.3) is 5.91 Å². The van der Waals surface area contributed by atoms with Crippen molar-refractivity contribution in [2.45, 2.75) is 13.3 Å². The molecule has 0 aliphatic rings. The van der Waals surface area contributed by atoms with E-state index < -0.39 is 6.36 Å². The minimum Gasteiger partial charge on any atom is -0.494 e. The van der Waals surface area contributed by atoms with Crippen LogP contribution >= 0.6 is 11.3 Å². The molecule has 0 saturated heterocycles. The molecule has 178 valence electrons. The van der Waals surface area contributed by atoms with Crippen molar-refractivity contribution >= 4 is 32.6 Å². The maximum atomic E-state index is 13.0. The number of alkyl halides is 3. The number of amides is 1. The number of fused-ring (bicyclic) bond motifs is 1. The summed E-state index contributed by atoms with van der Waals surface area (Å²) in [7, 11) is 3.75. The van der Waals surface area contributed by atoms with E-state index in [1.807, 2.05) is 25.9 Å². The lowest BCUT2D eigenvalue weighted by Crippen LogP contribution is -2.39. The number of carbonyl (C=O) groups excluding carboxylic acids is 1. The summed E-state index contributed by atoms with van der Waals surface area (Å²) in [6.45, 7) is 3.11. The van der Waals surface area contributed by atoms with E-state index in [0.717, 1.165) is 11.3 Å². The Kier molecular flexibility index (Phi) is 7.98. The van der Waals surface area contributed by atoms with Gasteiger partial charge in [-0.3, -0.25) is 9.69 Å². The number of halogens is 3. The lowest BCUT2D eigenvalue weighted by atomic mass is 10.3. The fourth-order valence-electron chi connectivity index (χ4n) is 2.85. The van der Waals surface area contributed by atoms with Gasteiger partial charge in [-0.2, -0.15) is 0 Å². The van der Waals surface area contributed by atoms with Crippen molar-refractivity contribution in [3.63, 3.8) is 0 Å². The fraction of sp³-hybridized carbons (Fsp3) is 0.364. The fourth-order valence-corrected chi connectivity index (χ4v) is 3.89. The average Bonchev–Trinajstić information content (AvgIpc) is 3.15. The van der Waals surface area contributed by atoms with Crippen LogP contribution < -0.4 is 19.1 Å². The number of rotatable bonds is 10. The first-order valence-corrected chi connectivity index (χ1v) is 10.9. The number of likely N-dealkylation sites (N-methyl/N-ethyl adjacent to an activating group) is 1. The second-order valence-electron chi connectivity index (χ2n) is 7.22. The molecular weight excluding hydrogens is 459 g/mol. The van der Waals surface area contributed by atoms with Gasteiger partial charge in [-0.25, -0.2) is 4.98 Å². The van der Waals surface area contributed by atoms with Gasteiger partial charge in [-0.1, -0.05) is 11.3 Å². The smallest absolute Gasteiger partial charge is 0.494 e. The second-order valence-corrected chi connectivity index (χ2v) is 8.22. The predicted octanol–water partition coefficient (Wildman–Crippen LogP) is 4.57. The van der Waals surface area contributed by atoms with E-state index in [0.29, 0.717) is 46.5 Å². The number of nitrogens with zero attached hydrogens (tertiary/aromatic N) is 3. The third-order valence-electron chi connectivity index (χ3n) is 4.38. The second kappa shape index (κ2) is 10.7. The van der Waals surface area contributed by atoms with Crippen molar-refractivity contribution in [2.75, 3.05) is 45.3 Å². The summed E-state index contributed by atoms with van der Waals surface area (Å²) in [5.74, 6) is 0.552. The Bertz CT molecular complexity index is 1070. The first-order valence-electron chi connectivity index (χ1n) is 10.1. The van der Waals surface area contributed by atoms with Crippen molar-refractivity contribution in [1.82, 2.24) is 9.88 Å². The zero-order valence-corrected chi connectivity index (χ0v) is 19.2. The van der Waals surface area contributed by atoms with Crippen molar-refractivity contribution in [2.24, 2.45) is 0 Å². The van der Waals surface area contributed by atoms with Gasteiger partial charge in [0.1, 0.15) is 17.2 Å². The number of benzene rings is 2. The Morgan fingerprint density at radius 3 is 2.24 bits per heavy atom. The highest BCUT2D eigenvalue weighted by atomic mass is 32.1. The maximum Gasteiger partial charge on any atom is 0.573 e. The highest BCUT2D eigenvalue weighted by Gasteiger charge is 2.31. The molecule has 1 amide bonds. The topological polar surface area (TPSA) is 64.1 Å². The maximum absolute atomic E-state index is 13.0. The van der Waals surface area contributed by atoms with Gasteiger partial charge in [0.05, 0.1) is 16.8 Å². The van der Waals surface area contributed by atoms with Crippen molar-refractivity contribution in [3.05, 3.63) is 42.5 Å². The molecule has 3 aromatic rings. The minimum absolute atomic E-state index is 0.222. The van der Waals surface area contributed by atoms with E-state index in [-0.39, 0.29) is 18.3 Å². The normalized spacial score (nSPS) is 11.6. The van der Waals surface area contributed by atoms with Crippen LogP contribution in [0.15, 0.2) is 42.5 Å². The quantitative estimate of drug-likeness (QED) is 0.421. The highest BCUT2D eigenvalue weighted by molar-refractivity contribution is 7.22. The van der Waals surface area contributed by atoms with Crippen LogP contribution in [0.25, 0.3) is 10.2 Å². The molecular formula is C22H24F3N3O4S. The predicted molar refractivity (Wildman–Crippen MR) is 120 cm³/mol.